The maximum atomic E-state index is 10.6. The highest BCUT2D eigenvalue weighted by atomic mass is 32.1. The molecule has 2 aromatic carbocycles. The van der Waals surface area contributed by atoms with Crippen LogP contribution < -0.4 is 11.1 Å². The summed E-state index contributed by atoms with van der Waals surface area (Å²) in [5.41, 5.74) is 11.5. The number of nitrogens with two attached hydrogens (primary N) is 1. The number of phenolic OH excluding ortho intramolecular Hbond substituents is 1. The summed E-state index contributed by atoms with van der Waals surface area (Å²) in [6.45, 7) is 10.1. The number of benzene rings is 2. The normalized spacial score (nSPS) is 12.1. The molecule has 0 bridgehead atoms. The molecule has 0 unspecified atom stereocenters. The van der Waals surface area contributed by atoms with Gasteiger partial charge in [0.2, 0.25) is 0 Å². The molecule has 0 saturated carbocycles. The Bertz CT molecular complexity index is 994. The predicted octanol–water partition coefficient (Wildman–Crippen LogP) is 6.07. The van der Waals surface area contributed by atoms with E-state index in [1.807, 2.05) is 29.6 Å². The number of hydrogen-bond acceptors (Lipinski definition) is 4. The Morgan fingerprint density at radius 2 is 1.71 bits per heavy atom. The summed E-state index contributed by atoms with van der Waals surface area (Å²) in [4.78, 5) is 5.54. The molecule has 5 heteroatoms. The van der Waals surface area contributed by atoms with Crippen molar-refractivity contribution in [2.75, 3.05) is 6.54 Å². The monoisotopic (exact) mass is 435 g/mol. The first-order valence-corrected chi connectivity index (χ1v) is 11.8. The molecule has 0 atom stereocenters. The molecule has 0 radical (unpaired) electrons. The van der Waals surface area contributed by atoms with Crippen molar-refractivity contribution in [1.29, 1.82) is 0 Å². The number of aliphatic imine (C=N–C) groups is 1. The summed E-state index contributed by atoms with van der Waals surface area (Å²) in [5.74, 6) is 1.61. The van der Waals surface area contributed by atoms with Crippen LogP contribution in [0.4, 0.5) is 5.69 Å². The second kappa shape index (κ2) is 10.6. The average Bonchev–Trinajstić information content (AvgIpc) is 3.27. The first-order valence-electron chi connectivity index (χ1n) is 10.9. The van der Waals surface area contributed by atoms with Crippen LogP contribution >= 0.6 is 11.3 Å². The van der Waals surface area contributed by atoms with Gasteiger partial charge in [0.15, 0.2) is 0 Å². The van der Waals surface area contributed by atoms with Crippen molar-refractivity contribution in [2.24, 2.45) is 10.7 Å². The number of nitrogens with one attached hydrogen (secondary N) is 1. The number of phenols is 1. The summed E-state index contributed by atoms with van der Waals surface area (Å²) in [6.07, 6.45) is 0.920. The SMILES string of the molecule is CC(C)c1cc(CCNCc2cccc(N=C(N)c3cccs3)c2)cc(C(C)C)c1O. The van der Waals surface area contributed by atoms with Crippen molar-refractivity contribution in [2.45, 2.75) is 52.5 Å². The Balaban J connectivity index is 1.61. The molecule has 0 aliphatic carbocycles. The molecule has 4 nitrogen and oxygen atoms in total. The molecule has 0 saturated heterocycles. The molecule has 4 N–H and O–H groups in total. The molecule has 3 rings (SSSR count). The van der Waals surface area contributed by atoms with Gasteiger partial charge in [0, 0.05) is 6.54 Å². The van der Waals surface area contributed by atoms with E-state index in [-0.39, 0.29) is 0 Å². The van der Waals surface area contributed by atoms with Gasteiger partial charge in [-0.15, -0.1) is 11.3 Å². The number of thiophene rings is 1. The van der Waals surface area contributed by atoms with E-state index in [1.165, 1.54) is 11.1 Å². The maximum Gasteiger partial charge on any atom is 0.141 e. The van der Waals surface area contributed by atoms with Gasteiger partial charge >= 0.3 is 0 Å². The van der Waals surface area contributed by atoms with Crippen LogP contribution in [0.5, 0.6) is 5.75 Å². The summed E-state index contributed by atoms with van der Waals surface area (Å²) in [7, 11) is 0. The molecule has 0 aliphatic rings. The number of hydrogen-bond donors (Lipinski definition) is 3. The van der Waals surface area contributed by atoms with E-state index < -0.39 is 0 Å². The van der Waals surface area contributed by atoms with Crippen LogP contribution in [0.15, 0.2) is 58.9 Å². The Kier molecular flexibility index (Phi) is 7.88. The minimum Gasteiger partial charge on any atom is -0.507 e. The lowest BCUT2D eigenvalue weighted by molar-refractivity contribution is 0.454. The fourth-order valence-corrected chi connectivity index (χ4v) is 4.22. The third-order valence-electron chi connectivity index (χ3n) is 5.33. The highest BCUT2D eigenvalue weighted by molar-refractivity contribution is 7.12. The van der Waals surface area contributed by atoms with Gasteiger partial charge in [-0.2, -0.15) is 0 Å². The zero-order chi connectivity index (χ0) is 22.4. The van der Waals surface area contributed by atoms with Gasteiger partial charge in [0.1, 0.15) is 11.6 Å². The van der Waals surface area contributed by atoms with Crippen LogP contribution in [0, 0.1) is 0 Å². The fraction of sp³-hybridized carbons (Fsp3) is 0.346. The smallest absolute Gasteiger partial charge is 0.141 e. The molecule has 0 aliphatic heterocycles. The molecule has 3 aromatic rings. The number of aromatic hydroxyl groups is 1. The molecular weight excluding hydrogens is 402 g/mol. The fourth-order valence-electron chi connectivity index (χ4n) is 3.59. The minimum absolute atomic E-state index is 0.301. The van der Waals surface area contributed by atoms with E-state index in [9.17, 15) is 5.11 Å². The first-order chi connectivity index (χ1) is 14.8. The molecule has 0 amide bonds. The summed E-state index contributed by atoms with van der Waals surface area (Å²) in [6, 6.07) is 16.4. The van der Waals surface area contributed by atoms with E-state index in [0.717, 1.165) is 41.2 Å². The summed E-state index contributed by atoms with van der Waals surface area (Å²) >= 11 is 1.59. The largest absolute Gasteiger partial charge is 0.507 e. The van der Waals surface area contributed by atoms with Crippen LogP contribution in [0.1, 0.15) is 66.7 Å². The lowest BCUT2D eigenvalue weighted by atomic mass is 9.91. The van der Waals surface area contributed by atoms with E-state index >= 15 is 0 Å². The molecule has 1 aromatic heterocycles. The summed E-state index contributed by atoms with van der Waals surface area (Å²) in [5, 5.41) is 16.1. The zero-order valence-electron chi connectivity index (χ0n) is 18.9. The van der Waals surface area contributed by atoms with E-state index in [2.05, 4.69) is 62.3 Å². The highest BCUT2D eigenvalue weighted by Gasteiger charge is 2.15. The third kappa shape index (κ3) is 6.18. The number of rotatable bonds is 9. The quantitative estimate of drug-likeness (QED) is 0.217. The zero-order valence-corrected chi connectivity index (χ0v) is 19.7. The van der Waals surface area contributed by atoms with Gasteiger partial charge < -0.3 is 16.2 Å². The van der Waals surface area contributed by atoms with Gasteiger partial charge in [0.05, 0.1) is 10.6 Å². The Hall–Kier alpha value is -2.63. The van der Waals surface area contributed by atoms with Crippen molar-refractivity contribution in [3.63, 3.8) is 0 Å². The standard InChI is InChI=1S/C26H33N3OS/c1-17(2)22-14-19(15-23(18(3)4)25(22)30)10-11-28-16-20-7-5-8-21(13-20)29-26(27)24-9-6-12-31-24/h5-9,12-15,17-18,28,30H,10-11,16H2,1-4H3,(H2,27,29). The van der Waals surface area contributed by atoms with Crippen LogP contribution in [-0.4, -0.2) is 17.5 Å². The Morgan fingerprint density at radius 3 is 2.32 bits per heavy atom. The van der Waals surface area contributed by atoms with Gasteiger partial charge in [-0.1, -0.05) is 58.0 Å². The van der Waals surface area contributed by atoms with Crippen molar-refractivity contribution < 1.29 is 5.11 Å². The molecular formula is C26H33N3OS. The van der Waals surface area contributed by atoms with E-state index in [0.29, 0.717) is 23.4 Å². The van der Waals surface area contributed by atoms with Crippen LogP contribution in [0.25, 0.3) is 0 Å². The second-order valence-corrected chi connectivity index (χ2v) is 9.45. The molecule has 1 heterocycles. The van der Waals surface area contributed by atoms with E-state index in [1.54, 1.807) is 11.3 Å². The minimum atomic E-state index is 0.301. The van der Waals surface area contributed by atoms with Gasteiger partial charge in [-0.05, 0) is 70.6 Å². The molecule has 31 heavy (non-hydrogen) atoms. The average molecular weight is 436 g/mol. The van der Waals surface area contributed by atoms with Gasteiger partial charge in [-0.25, -0.2) is 4.99 Å². The van der Waals surface area contributed by atoms with Crippen molar-refractivity contribution in [1.82, 2.24) is 5.32 Å². The topological polar surface area (TPSA) is 70.6 Å². The summed E-state index contributed by atoms with van der Waals surface area (Å²) < 4.78 is 0. The second-order valence-electron chi connectivity index (χ2n) is 8.50. The van der Waals surface area contributed by atoms with Gasteiger partial charge in [-0.3, -0.25) is 0 Å². The van der Waals surface area contributed by atoms with Crippen LogP contribution in [-0.2, 0) is 13.0 Å². The molecule has 0 spiro atoms. The highest BCUT2D eigenvalue weighted by Crippen LogP contribution is 2.34. The van der Waals surface area contributed by atoms with E-state index in [4.69, 9.17) is 5.73 Å². The lowest BCUT2D eigenvalue weighted by Gasteiger charge is -2.17. The van der Waals surface area contributed by atoms with Crippen LogP contribution in [0.3, 0.4) is 0 Å². The lowest BCUT2D eigenvalue weighted by Crippen LogP contribution is -2.17. The number of nitrogens with zero attached hydrogens (tertiary/aromatic N) is 1. The first kappa shape index (κ1) is 23.0. The van der Waals surface area contributed by atoms with Crippen LogP contribution in [0.2, 0.25) is 0 Å². The van der Waals surface area contributed by atoms with Crippen molar-refractivity contribution in [3.05, 3.63) is 81.0 Å². The Labute approximate surface area is 189 Å². The maximum absolute atomic E-state index is 10.6. The molecule has 0 fully saturated rings. The predicted molar refractivity (Wildman–Crippen MR) is 133 cm³/mol. The Morgan fingerprint density at radius 1 is 1.00 bits per heavy atom. The molecule has 164 valence electrons. The van der Waals surface area contributed by atoms with Crippen molar-refractivity contribution in [3.8, 4) is 5.75 Å². The number of amidine groups is 1. The third-order valence-corrected chi connectivity index (χ3v) is 6.22. The van der Waals surface area contributed by atoms with Gasteiger partial charge in [0.25, 0.3) is 0 Å². The van der Waals surface area contributed by atoms with Crippen molar-refractivity contribution >= 4 is 22.9 Å².